The SMILES string of the molecule is N#CC1CC(CN)(n2cc(-c3ccnc(Nc4ccc(N5CCCOC5=O)cc4)n3)cn2)C1. The van der Waals surface area contributed by atoms with Crippen LogP contribution < -0.4 is 16.0 Å². The lowest BCUT2D eigenvalue weighted by molar-refractivity contribution is 0.0926. The molecule has 1 saturated heterocycles. The Morgan fingerprint density at radius 1 is 1.27 bits per heavy atom. The van der Waals surface area contributed by atoms with E-state index in [0.29, 0.717) is 38.5 Å². The predicted octanol–water partition coefficient (Wildman–Crippen LogP) is 3.02. The van der Waals surface area contributed by atoms with E-state index in [-0.39, 0.29) is 17.6 Å². The van der Waals surface area contributed by atoms with Gasteiger partial charge in [0.05, 0.1) is 36.0 Å². The Kier molecular flexibility index (Phi) is 5.40. The molecule has 1 saturated carbocycles. The number of anilines is 3. The molecule has 0 unspecified atom stereocenters. The number of carbonyl (C=O) groups excluding carboxylic acids is 1. The number of nitrogens with zero attached hydrogens (tertiary/aromatic N) is 6. The van der Waals surface area contributed by atoms with E-state index in [2.05, 4.69) is 26.5 Å². The zero-order valence-electron chi connectivity index (χ0n) is 18.0. The maximum Gasteiger partial charge on any atom is 0.414 e. The topological polar surface area (TPSA) is 135 Å². The van der Waals surface area contributed by atoms with Crippen LogP contribution in [-0.4, -0.2) is 45.5 Å². The van der Waals surface area contributed by atoms with Crippen molar-refractivity contribution in [2.45, 2.75) is 24.8 Å². The second-order valence-electron chi connectivity index (χ2n) is 8.39. The van der Waals surface area contributed by atoms with Gasteiger partial charge in [-0.3, -0.25) is 9.58 Å². The first-order valence-corrected chi connectivity index (χ1v) is 10.9. The van der Waals surface area contributed by atoms with Gasteiger partial charge >= 0.3 is 6.09 Å². The van der Waals surface area contributed by atoms with Crippen molar-refractivity contribution < 1.29 is 9.53 Å². The van der Waals surface area contributed by atoms with Crippen molar-refractivity contribution in [1.82, 2.24) is 19.7 Å². The number of nitrogens with two attached hydrogens (primary N) is 1. The molecule has 10 nitrogen and oxygen atoms in total. The van der Waals surface area contributed by atoms with Crippen LogP contribution in [0.2, 0.25) is 0 Å². The van der Waals surface area contributed by atoms with Gasteiger partial charge in [0.15, 0.2) is 0 Å². The Bertz CT molecular complexity index is 1190. The van der Waals surface area contributed by atoms with Crippen LogP contribution in [0, 0.1) is 17.2 Å². The van der Waals surface area contributed by atoms with Crippen molar-refractivity contribution in [1.29, 1.82) is 5.26 Å². The molecule has 0 radical (unpaired) electrons. The maximum absolute atomic E-state index is 11.9. The zero-order chi connectivity index (χ0) is 22.8. The van der Waals surface area contributed by atoms with Crippen LogP contribution in [0.25, 0.3) is 11.3 Å². The molecule has 3 N–H and O–H groups in total. The highest BCUT2D eigenvalue weighted by molar-refractivity contribution is 5.88. The largest absolute Gasteiger partial charge is 0.449 e. The normalized spacial score (nSPS) is 22.2. The average Bonchev–Trinajstić information content (AvgIpc) is 3.31. The third-order valence-electron chi connectivity index (χ3n) is 6.24. The highest BCUT2D eigenvalue weighted by atomic mass is 16.6. The van der Waals surface area contributed by atoms with E-state index < -0.39 is 0 Å². The average molecular weight is 444 g/mol. The van der Waals surface area contributed by atoms with Gasteiger partial charge in [0.1, 0.15) is 0 Å². The van der Waals surface area contributed by atoms with E-state index in [1.165, 1.54) is 0 Å². The first-order valence-electron chi connectivity index (χ1n) is 10.9. The molecule has 10 heteroatoms. The van der Waals surface area contributed by atoms with Gasteiger partial charge < -0.3 is 15.8 Å². The van der Waals surface area contributed by atoms with Crippen molar-refractivity contribution in [2.75, 3.05) is 29.9 Å². The number of hydrogen-bond donors (Lipinski definition) is 2. The molecule has 3 aromatic rings. The Hall–Kier alpha value is -3.97. The minimum absolute atomic E-state index is 0.0306. The van der Waals surface area contributed by atoms with Gasteiger partial charge in [0.25, 0.3) is 0 Å². The first kappa shape index (κ1) is 20.9. The van der Waals surface area contributed by atoms with E-state index in [1.807, 2.05) is 41.2 Å². The van der Waals surface area contributed by atoms with E-state index in [9.17, 15) is 4.79 Å². The molecule has 5 rings (SSSR count). The quantitative estimate of drug-likeness (QED) is 0.592. The molecule has 1 aliphatic heterocycles. The summed E-state index contributed by atoms with van der Waals surface area (Å²) in [6.45, 7) is 1.55. The van der Waals surface area contributed by atoms with Crippen molar-refractivity contribution in [3.05, 3.63) is 48.9 Å². The van der Waals surface area contributed by atoms with Crippen molar-refractivity contribution in [3.63, 3.8) is 0 Å². The molecule has 1 aromatic carbocycles. The van der Waals surface area contributed by atoms with Gasteiger partial charge in [-0.25, -0.2) is 14.8 Å². The van der Waals surface area contributed by atoms with E-state index in [0.717, 1.165) is 29.1 Å². The van der Waals surface area contributed by atoms with Crippen LogP contribution in [0.3, 0.4) is 0 Å². The van der Waals surface area contributed by atoms with Gasteiger partial charge in [0.2, 0.25) is 5.95 Å². The molecule has 1 aliphatic carbocycles. The summed E-state index contributed by atoms with van der Waals surface area (Å²) < 4.78 is 6.97. The van der Waals surface area contributed by atoms with Crippen LogP contribution in [-0.2, 0) is 10.3 Å². The molecule has 33 heavy (non-hydrogen) atoms. The van der Waals surface area contributed by atoms with Gasteiger partial charge in [-0.2, -0.15) is 10.4 Å². The number of benzene rings is 1. The summed E-state index contributed by atoms with van der Waals surface area (Å²) in [6.07, 6.45) is 7.29. The third kappa shape index (κ3) is 3.99. The van der Waals surface area contributed by atoms with Crippen molar-refractivity contribution in [2.24, 2.45) is 11.7 Å². The standard InChI is InChI=1S/C23H24N8O2/c24-12-16-10-23(11-16,15-25)31-14-17(13-27-31)20-6-7-26-21(29-20)28-18-2-4-19(5-3-18)30-8-1-9-33-22(30)32/h2-7,13-14,16H,1,8-11,15,25H2,(H,26,28,29). The highest BCUT2D eigenvalue weighted by Gasteiger charge is 2.45. The number of carbonyl (C=O) groups is 1. The van der Waals surface area contributed by atoms with Crippen LogP contribution >= 0.6 is 0 Å². The second-order valence-corrected chi connectivity index (χ2v) is 8.39. The number of nitriles is 1. The van der Waals surface area contributed by atoms with E-state index in [4.69, 9.17) is 15.7 Å². The number of ether oxygens (including phenoxy) is 1. The number of cyclic esters (lactones) is 1. The molecule has 2 aromatic heterocycles. The van der Waals surface area contributed by atoms with Gasteiger partial charge in [-0.1, -0.05) is 0 Å². The summed E-state index contributed by atoms with van der Waals surface area (Å²) in [4.78, 5) is 22.5. The number of rotatable bonds is 6. The molecule has 0 spiro atoms. The summed E-state index contributed by atoms with van der Waals surface area (Å²) in [5.41, 5.74) is 8.89. The molecule has 168 valence electrons. The Morgan fingerprint density at radius 2 is 2.09 bits per heavy atom. The fraction of sp³-hybridized carbons (Fsp3) is 0.348. The van der Waals surface area contributed by atoms with Crippen molar-refractivity contribution in [3.8, 4) is 17.3 Å². The minimum atomic E-state index is -0.319. The Morgan fingerprint density at radius 3 is 2.82 bits per heavy atom. The van der Waals surface area contributed by atoms with Gasteiger partial charge in [0, 0.05) is 42.4 Å². The van der Waals surface area contributed by atoms with E-state index in [1.54, 1.807) is 17.3 Å². The first-order chi connectivity index (χ1) is 16.1. The molecular weight excluding hydrogens is 420 g/mol. The smallest absolute Gasteiger partial charge is 0.414 e. The summed E-state index contributed by atoms with van der Waals surface area (Å²) >= 11 is 0. The third-order valence-corrected chi connectivity index (χ3v) is 6.24. The van der Waals surface area contributed by atoms with Crippen LogP contribution in [0.4, 0.5) is 22.1 Å². The number of amides is 1. The van der Waals surface area contributed by atoms with Gasteiger partial charge in [-0.15, -0.1) is 0 Å². The fourth-order valence-corrected chi connectivity index (χ4v) is 4.33. The van der Waals surface area contributed by atoms with Crippen LogP contribution in [0.15, 0.2) is 48.9 Å². The molecule has 0 bridgehead atoms. The summed E-state index contributed by atoms with van der Waals surface area (Å²) in [5.74, 6) is 0.482. The van der Waals surface area contributed by atoms with Crippen LogP contribution in [0.1, 0.15) is 19.3 Å². The molecule has 2 fully saturated rings. The second kappa shape index (κ2) is 8.52. The molecule has 0 atom stereocenters. The van der Waals surface area contributed by atoms with Crippen LogP contribution in [0.5, 0.6) is 0 Å². The van der Waals surface area contributed by atoms with E-state index >= 15 is 0 Å². The molecular formula is C23H24N8O2. The molecule has 1 amide bonds. The molecule has 3 heterocycles. The summed E-state index contributed by atoms with van der Waals surface area (Å²) in [7, 11) is 0. The maximum atomic E-state index is 11.9. The van der Waals surface area contributed by atoms with Gasteiger partial charge in [-0.05, 0) is 49.6 Å². The predicted molar refractivity (Wildman–Crippen MR) is 122 cm³/mol. The monoisotopic (exact) mass is 444 g/mol. The lowest BCUT2D eigenvalue weighted by atomic mass is 9.69. The number of hydrogen-bond acceptors (Lipinski definition) is 8. The number of nitrogens with one attached hydrogen (secondary N) is 1. The lowest BCUT2D eigenvalue weighted by Crippen LogP contribution is -2.51. The van der Waals surface area contributed by atoms with Crippen molar-refractivity contribution >= 4 is 23.4 Å². The minimum Gasteiger partial charge on any atom is -0.449 e. The zero-order valence-corrected chi connectivity index (χ0v) is 18.0. The highest BCUT2D eigenvalue weighted by Crippen LogP contribution is 2.43. The Balaban J connectivity index is 1.30. The fourth-order valence-electron chi connectivity index (χ4n) is 4.33. The summed E-state index contributed by atoms with van der Waals surface area (Å²) in [6, 6.07) is 11.6. The number of aromatic nitrogens is 4. The molecule has 2 aliphatic rings. The Labute approximate surface area is 191 Å². The summed E-state index contributed by atoms with van der Waals surface area (Å²) in [5, 5.41) is 16.8. The lowest BCUT2D eigenvalue weighted by Gasteiger charge is -2.44.